The summed E-state index contributed by atoms with van der Waals surface area (Å²) in [6, 6.07) is 0. The summed E-state index contributed by atoms with van der Waals surface area (Å²) in [5, 5.41) is 19.6. The summed E-state index contributed by atoms with van der Waals surface area (Å²) < 4.78 is 1.96. The summed E-state index contributed by atoms with van der Waals surface area (Å²) in [4.78, 5) is 17.2. The standard InChI is InChI=1S/C14H23N3O3/c1-16(9-12-15-7-8-17(12)2)10-14(20)5-3-11(4-6-14)13(18)19/h7-8,11,20H,3-6,9-10H2,1-2H3,(H,18,19). The zero-order valence-electron chi connectivity index (χ0n) is 12.1. The summed E-state index contributed by atoms with van der Waals surface area (Å²) >= 11 is 0. The number of rotatable bonds is 5. The van der Waals surface area contributed by atoms with Crippen molar-refractivity contribution < 1.29 is 15.0 Å². The fourth-order valence-corrected chi connectivity index (χ4v) is 2.91. The number of aliphatic carboxylic acids is 1. The maximum Gasteiger partial charge on any atom is 0.306 e. The highest BCUT2D eigenvalue weighted by molar-refractivity contribution is 5.70. The van der Waals surface area contributed by atoms with Gasteiger partial charge in [0.25, 0.3) is 0 Å². The van der Waals surface area contributed by atoms with Crippen LogP contribution in [0.15, 0.2) is 12.4 Å². The molecule has 0 bridgehead atoms. The molecule has 112 valence electrons. The number of hydrogen-bond acceptors (Lipinski definition) is 4. The molecule has 0 unspecified atom stereocenters. The lowest BCUT2D eigenvalue weighted by Gasteiger charge is -2.37. The molecule has 0 aliphatic heterocycles. The molecule has 0 radical (unpaired) electrons. The Bertz CT molecular complexity index is 464. The maximum atomic E-state index is 10.9. The quantitative estimate of drug-likeness (QED) is 0.837. The van der Waals surface area contributed by atoms with E-state index in [9.17, 15) is 9.90 Å². The van der Waals surface area contributed by atoms with Gasteiger partial charge in [-0.15, -0.1) is 0 Å². The molecule has 0 aromatic carbocycles. The van der Waals surface area contributed by atoms with Crippen molar-refractivity contribution in [2.75, 3.05) is 13.6 Å². The van der Waals surface area contributed by atoms with Gasteiger partial charge in [-0.3, -0.25) is 9.69 Å². The molecule has 6 heteroatoms. The Balaban J connectivity index is 1.86. The van der Waals surface area contributed by atoms with E-state index in [0.29, 0.717) is 38.8 Å². The summed E-state index contributed by atoms with van der Waals surface area (Å²) in [7, 11) is 3.90. The van der Waals surface area contributed by atoms with Crippen molar-refractivity contribution in [3.8, 4) is 0 Å². The van der Waals surface area contributed by atoms with E-state index in [2.05, 4.69) is 4.98 Å². The number of imidazole rings is 1. The van der Waals surface area contributed by atoms with Crippen LogP contribution < -0.4 is 0 Å². The highest BCUT2D eigenvalue weighted by atomic mass is 16.4. The molecule has 0 amide bonds. The lowest BCUT2D eigenvalue weighted by Crippen LogP contribution is -2.45. The van der Waals surface area contributed by atoms with E-state index in [1.54, 1.807) is 6.20 Å². The number of aliphatic hydroxyl groups is 1. The van der Waals surface area contributed by atoms with Gasteiger partial charge < -0.3 is 14.8 Å². The molecule has 1 aliphatic rings. The fraction of sp³-hybridized carbons (Fsp3) is 0.714. The van der Waals surface area contributed by atoms with Crippen LogP contribution in [0.2, 0.25) is 0 Å². The smallest absolute Gasteiger partial charge is 0.306 e. The Morgan fingerprint density at radius 3 is 2.70 bits per heavy atom. The largest absolute Gasteiger partial charge is 0.481 e. The van der Waals surface area contributed by atoms with Crippen molar-refractivity contribution in [3.05, 3.63) is 18.2 Å². The third-order valence-electron chi connectivity index (χ3n) is 4.16. The third kappa shape index (κ3) is 3.58. The second-order valence-electron chi connectivity index (χ2n) is 5.96. The normalized spacial score (nSPS) is 26.9. The van der Waals surface area contributed by atoms with Gasteiger partial charge in [-0.2, -0.15) is 0 Å². The number of carbonyl (C=O) groups is 1. The van der Waals surface area contributed by atoms with Crippen molar-refractivity contribution >= 4 is 5.97 Å². The number of likely N-dealkylation sites (N-methyl/N-ethyl adjacent to an activating group) is 1. The average Bonchev–Trinajstić information content (AvgIpc) is 2.74. The zero-order chi connectivity index (χ0) is 14.8. The second kappa shape index (κ2) is 5.93. The van der Waals surface area contributed by atoms with E-state index in [1.807, 2.05) is 29.8 Å². The average molecular weight is 281 g/mol. The highest BCUT2D eigenvalue weighted by Gasteiger charge is 2.36. The number of carboxylic acid groups (broad SMARTS) is 1. The minimum atomic E-state index is -0.772. The van der Waals surface area contributed by atoms with Gasteiger partial charge in [-0.1, -0.05) is 0 Å². The van der Waals surface area contributed by atoms with Crippen LogP contribution in [-0.2, 0) is 18.4 Å². The SMILES string of the molecule is CN(Cc1nccn1C)CC1(O)CCC(C(=O)O)CC1. The molecule has 1 saturated carbocycles. The van der Waals surface area contributed by atoms with Gasteiger partial charge >= 0.3 is 5.97 Å². The maximum absolute atomic E-state index is 10.9. The molecule has 2 rings (SSSR count). The van der Waals surface area contributed by atoms with Crippen LogP contribution in [-0.4, -0.2) is 49.8 Å². The van der Waals surface area contributed by atoms with Gasteiger partial charge in [0.05, 0.1) is 18.1 Å². The van der Waals surface area contributed by atoms with E-state index in [0.717, 1.165) is 5.82 Å². The molecule has 1 aromatic rings. The molecule has 0 atom stereocenters. The molecule has 1 aliphatic carbocycles. The molecular formula is C14H23N3O3. The molecule has 0 saturated heterocycles. The van der Waals surface area contributed by atoms with Crippen molar-refractivity contribution in [1.29, 1.82) is 0 Å². The Morgan fingerprint density at radius 2 is 2.20 bits per heavy atom. The van der Waals surface area contributed by atoms with E-state index in [4.69, 9.17) is 5.11 Å². The molecule has 20 heavy (non-hydrogen) atoms. The van der Waals surface area contributed by atoms with Crippen LogP contribution in [0.4, 0.5) is 0 Å². The van der Waals surface area contributed by atoms with Gasteiger partial charge in [0, 0.05) is 26.0 Å². The molecule has 1 fully saturated rings. The first-order valence-electron chi connectivity index (χ1n) is 6.99. The summed E-state index contributed by atoms with van der Waals surface area (Å²) in [5.74, 6) is -0.0844. The Labute approximate surface area is 119 Å². The van der Waals surface area contributed by atoms with Crippen LogP contribution >= 0.6 is 0 Å². The topological polar surface area (TPSA) is 78.6 Å². The highest BCUT2D eigenvalue weighted by Crippen LogP contribution is 2.32. The first-order valence-corrected chi connectivity index (χ1v) is 6.99. The van der Waals surface area contributed by atoms with Gasteiger partial charge in [-0.05, 0) is 32.7 Å². The van der Waals surface area contributed by atoms with Gasteiger partial charge in [0.2, 0.25) is 0 Å². The number of hydrogen-bond donors (Lipinski definition) is 2. The van der Waals surface area contributed by atoms with Crippen LogP contribution in [0.5, 0.6) is 0 Å². The molecule has 1 aromatic heterocycles. The first kappa shape index (κ1) is 15.0. The first-order chi connectivity index (χ1) is 9.39. The lowest BCUT2D eigenvalue weighted by atomic mass is 9.78. The fourth-order valence-electron chi connectivity index (χ4n) is 2.91. The van der Waals surface area contributed by atoms with Crippen LogP contribution in [0.1, 0.15) is 31.5 Å². The molecular weight excluding hydrogens is 258 g/mol. The summed E-state index contributed by atoms with van der Waals surface area (Å²) in [6.45, 7) is 1.22. The van der Waals surface area contributed by atoms with Gasteiger partial charge in [-0.25, -0.2) is 4.98 Å². The monoisotopic (exact) mass is 281 g/mol. The van der Waals surface area contributed by atoms with Crippen LogP contribution in [0.3, 0.4) is 0 Å². The second-order valence-corrected chi connectivity index (χ2v) is 5.96. The predicted octanol–water partition coefficient (Wildman–Crippen LogP) is 0.858. The molecule has 1 heterocycles. The number of aryl methyl sites for hydroxylation is 1. The Kier molecular flexibility index (Phi) is 4.45. The predicted molar refractivity (Wildman–Crippen MR) is 74.1 cm³/mol. The van der Waals surface area contributed by atoms with E-state index >= 15 is 0 Å². The summed E-state index contributed by atoms with van der Waals surface area (Å²) in [6.07, 6.45) is 5.87. The number of aromatic nitrogens is 2. The van der Waals surface area contributed by atoms with Gasteiger partial charge in [0.1, 0.15) is 5.82 Å². The Morgan fingerprint density at radius 1 is 1.55 bits per heavy atom. The molecule has 0 spiro atoms. The van der Waals surface area contributed by atoms with Crippen molar-refractivity contribution in [2.24, 2.45) is 13.0 Å². The minimum Gasteiger partial charge on any atom is -0.481 e. The molecule has 2 N–H and O–H groups in total. The summed E-state index contributed by atoms with van der Waals surface area (Å²) in [5.41, 5.74) is -0.772. The van der Waals surface area contributed by atoms with Crippen molar-refractivity contribution in [1.82, 2.24) is 14.5 Å². The van der Waals surface area contributed by atoms with Gasteiger partial charge in [0.15, 0.2) is 0 Å². The third-order valence-corrected chi connectivity index (χ3v) is 4.16. The van der Waals surface area contributed by atoms with Crippen molar-refractivity contribution in [2.45, 2.75) is 37.8 Å². The number of nitrogens with zero attached hydrogens (tertiary/aromatic N) is 3. The Hall–Kier alpha value is -1.40. The lowest BCUT2D eigenvalue weighted by molar-refractivity contribution is -0.145. The van der Waals surface area contributed by atoms with E-state index < -0.39 is 11.6 Å². The van der Waals surface area contributed by atoms with Crippen LogP contribution in [0.25, 0.3) is 0 Å². The molecule has 6 nitrogen and oxygen atoms in total. The zero-order valence-corrected chi connectivity index (χ0v) is 12.1. The minimum absolute atomic E-state index is 0.296. The number of carboxylic acids is 1. The van der Waals surface area contributed by atoms with Crippen LogP contribution in [0, 0.1) is 5.92 Å². The van der Waals surface area contributed by atoms with E-state index in [-0.39, 0.29) is 5.92 Å². The van der Waals surface area contributed by atoms with E-state index in [1.165, 1.54) is 0 Å². The van der Waals surface area contributed by atoms with Crippen molar-refractivity contribution in [3.63, 3.8) is 0 Å².